The minimum Gasteiger partial charge on any atom is -0.321 e. The summed E-state index contributed by atoms with van der Waals surface area (Å²) < 4.78 is 0. The van der Waals surface area contributed by atoms with Gasteiger partial charge in [0.2, 0.25) is 5.95 Å². The van der Waals surface area contributed by atoms with E-state index in [1.54, 1.807) is 6.07 Å². The van der Waals surface area contributed by atoms with Gasteiger partial charge in [-0.2, -0.15) is 10.1 Å². The van der Waals surface area contributed by atoms with Gasteiger partial charge in [-0.25, -0.2) is 5.10 Å². The number of carbonyl (C=O) groups excluding carboxylic acids is 1. The number of anilines is 1. The lowest BCUT2D eigenvalue weighted by Gasteiger charge is -2.04. The summed E-state index contributed by atoms with van der Waals surface area (Å²) in [4.78, 5) is 30.4. The number of nitrogens with zero attached hydrogens (tertiary/aromatic N) is 2. The summed E-state index contributed by atoms with van der Waals surface area (Å²) in [6.45, 7) is 0. The number of hydrogen-bond acceptors (Lipinski definition) is 4. The van der Waals surface area contributed by atoms with Gasteiger partial charge in [-0.05, 0) is 17.7 Å². The number of aromatic nitrogens is 4. The van der Waals surface area contributed by atoms with E-state index in [0.29, 0.717) is 5.69 Å². The highest BCUT2D eigenvalue weighted by atomic mass is 16.2. The second kappa shape index (κ2) is 5.41. The van der Waals surface area contributed by atoms with Gasteiger partial charge in [-0.15, -0.1) is 0 Å². The minimum absolute atomic E-state index is 0.00563. The Bertz CT molecular complexity index is 809. The van der Waals surface area contributed by atoms with Crippen LogP contribution in [0.1, 0.15) is 10.4 Å². The maximum absolute atomic E-state index is 12.0. The smallest absolute Gasteiger partial charge is 0.263 e. The van der Waals surface area contributed by atoms with Crippen molar-refractivity contribution in [2.75, 3.05) is 5.32 Å². The van der Waals surface area contributed by atoms with Gasteiger partial charge in [0.15, 0.2) is 0 Å². The molecule has 1 aromatic carbocycles. The summed E-state index contributed by atoms with van der Waals surface area (Å²) in [6.07, 6.45) is 1.26. The lowest BCUT2D eigenvalue weighted by molar-refractivity contribution is 0.102. The highest BCUT2D eigenvalue weighted by Gasteiger charge is 2.12. The maximum Gasteiger partial charge on any atom is 0.263 e. The number of nitrogens with one attached hydrogen (secondary N) is 3. The lowest BCUT2D eigenvalue weighted by atomic mass is 10.1. The molecule has 3 N–H and O–H groups in total. The lowest BCUT2D eigenvalue weighted by Crippen LogP contribution is -2.23. The molecule has 0 aliphatic heterocycles. The normalized spacial score (nSPS) is 10.3. The van der Waals surface area contributed by atoms with E-state index in [1.807, 2.05) is 30.3 Å². The fraction of sp³-hybridized carbons (Fsp3) is 0. The Balaban J connectivity index is 1.88. The molecule has 104 valence electrons. The fourth-order valence-electron chi connectivity index (χ4n) is 1.88. The standard InChI is InChI=1S/C14H11N5O2/c20-12-10(13(21)18-14-15-8-16-19-14)6-7-11(17-12)9-4-2-1-3-5-9/h1-8H,(H,17,20)(H2,15,16,18,19,21). The Labute approximate surface area is 119 Å². The van der Waals surface area contributed by atoms with E-state index >= 15 is 0 Å². The summed E-state index contributed by atoms with van der Waals surface area (Å²) in [5, 5.41) is 8.55. The molecule has 0 fully saturated rings. The molecule has 3 aromatic rings. The van der Waals surface area contributed by atoms with E-state index in [4.69, 9.17) is 0 Å². The molecule has 3 rings (SSSR count). The van der Waals surface area contributed by atoms with Crippen LogP contribution in [0.25, 0.3) is 11.3 Å². The summed E-state index contributed by atoms with van der Waals surface area (Å²) in [5.74, 6) is -0.362. The Morgan fingerprint density at radius 2 is 1.90 bits per heavy atom. The molecule has 1 amide bonds. The van der Waals surface area contributed by atoms with Crippen LogP contribution < -0.4 is 10.9 Å². The van der Waals surface area contributed by atoms with Crippen molar-refractivity contribution in [1.29, 1.82) is 0 Å². The molecule has 2 heterocycles. The zero-order valence-electron chi connectivity index (χ0n) is 10.8. The van der Waals surface area contributed by atoms with Gasteiger partial charge in [-0.1, -0.05) is 30.3 Å². The van der Waals surface area contributed by atoms with Gasteiger partial charge >= 0.3 is 0 Å². The van der Waals surface area contributed by atoms with Crippen molar-refractivity contribution in [2.45, 2.75) is 0 Å². The van der Waals surface area contributed by atoms with Crippen LogP contribution in [0, 0.1) is 0 Å². The quantitative estimate of drug-likeness (QED) is 0.675. The molecular weight excluding hydrogens is 270 g/mol. The molecule has 0 aliphatic carbocycles. The van der Waals surface area contributed by atoms with Gasteiger partial charge in [0.25, 0.3) is 11.5 Å². The van der Waals surface area contributed by atoms with Gasteiger partial charge in [0, 0.05) is 5.69 Å². The molecule has 21 heavy (non-hydrogen) atoms. The van der Waals surface area contributed by atoms with E-state index in [2.05, 4.69) is 25.5 Å². The van der Waals surface area contributed by atoms with E-state index in [-0.39, 0.29) is 11.5 Å². The average molecular weight is 281 g/mol. The summed E-state index contributed by atoms with van der Waals surface area (Å²) in [7, 11) is 0. The topological polar surface area (TPSA) is 104 Å². The van der Waals surface area contributed by atoms with Crippen LogP contribution in [0.5, 0.6) is 0 Å². The van der Waals surface area contributed by atoms with Crippen molar-refractivity contribution in [3.05, 3.63) is 64.7 Å². The Kier molecular flexibility index (Phi) is 3.30. The van der Waals surface area contributed by atoms with Crippen molar-refractivity contribution in [1.82, 2.24) is 20.2 Å². The number of amides is 1. The highest BCUT2D eigenvalue weighted by Crippen LogP contribution is 2.14. The van der Waals surface area contributed by atoms with Crippen molar-refractivity contribution < 1.29 is 4.79 Å². The molecule has 0 saturated heterocycles. The minimum atomic E-state index is -0.549. The third-order valence-electron chi connectivity index (χ3n) is 2.89. The molecule has 0 unspecified atom stereocenters. The first kappa shape index (κ1) is 12.8. The second-order valence-corrected chi connectivity index (χ2v) is 4.27. The van der Waals surface area contributed by atoms with Crippen molar-refractivity contribution in [2.24, 2.45) is 0 Å². The highest BCUT2D eigenvalue weighted by molar-refractivity contribution is 6.03. The molecule has 0 spiro atoms. The third-order valence-corrected chi connectivity index (χ3v) is 2.89. The number of H-pyrrole nitrogens is 2. The van der Waals surface area contributed by atoms with Crippen molar-refractivity contribution in [3.8, 4) is 11.3 Å². The Hall–Kier alpha value is -3.22. The molecule has 0 bridgehead atoms. The van der Waals surface area contributed by atoms with Crippen LogP contribution >= 0.6 is 0 Å². The summed E-state index contributed by atoms with van der Waals surface area (Å²) in [5.41, 5.74) is 1.06. The molecule has 7 nitrogen and oxygen atoms in total. The largest absolute Gasteiger partial charge is 0.321 e. The number of hydrogen-bond donors (Lipinski definition) is 3. The SMILES string of the molecule is O=C(Nc1ncn[nH]1)c1ccc(-c2ccccc2)[nH]c1=O. The third kappa shape index (κ3) is 2.71. The zero-order valence-corrected chi connectivity index (χ0v) is 10.8. The molecule has 0 aliphatic rings. The number of aromatic amines is 2. The number of benzene rings is 1. The number of carbonyl (C=O) groups is 1. The molecule has 7 heteroatoms. The van der Waals surface area contributed by atoms with E-state index in [0.717, 1.165) is 5.56 Å². The second-order valence-electron chi connectivity index (χ2n) is 4.27. The van der Waals surface area contributed by atoms with Crippen LogP contribution in [-0.2, 0) is 0 Å². The van der Waals surface area contributed by atoms with Crippen LogP contribution in [0.4, 0.5) is 5.95 Å². The molecular formula is C14H11N5O2. The first-order valence-electron chi connectivity index (χ1n) is 6.19. The molecule has 0 saturated carbocycles. The molecule has 0 radical (unpaired) electrons. The van der Waals surface area contributed by atoms with Gasteiger partial charge in [0.1, 0.15) is 11.9 Å². The van der Waals surface area contributed by atoms with Crippen LogP contribution in [-0.4, -0.2) is 26.1 Å². The zero-order chi connectivity index (χ0) is 14.7. The summed E-state index contributed by atoms with van der Waals surface area (Å²) >= 11 is 0. The van der Waals surface area contributed by atoms with Crippen molar-refractivity contribution >= 4 is 11.9 Å². The first-order chi connectivity index (χ1) is 10.2. The molecule has 0 atom stereocenters. The number of rotatable bonds is 3. The number of pyridine rings is 1. The predicted molar refractivity (Wildman–Crippen MR) is 76.8 cm³/mol. The van der Waals surface area contributed by atoms with Gasteiger partial charge in [0.05, 0.1) is 0 Å². The predicted octanol–water partition coefficient (Wildman–Crippen LogP) is 1.41. The maximum atomic E-state index is 12.0. The van der Waals surface area contributed by atoms with Gasteiger partial charge < -0.3 is 4.98 Å². The van der Waals surface area contributed by atoms with E-state index in [9.17, 15) is 9.59 Å². The Morgan fingerprint density at radius 3 is 2.57 bits per heavy atom. The average Bonchev–Trinajstić information content (AvgIpc) is 3.01. The molecule has 2 aromatic heterocycles. The van der Waals surface area contributed by atoms with E-state index < -0.39 is 11.5 Å². The van der Waals surface area contributed by atoms with Crippen LogP contribution in [0.3, 0.4) is 0 Å². The fourth-order valence-corrected chi connectivity index (χ4v) is 1.88. The first-order valence-corrected chi connectivity index (χ1v) is 6.19. The van der Waals surface area contributed by atoms with Crippen LogP contribution in [0.2, 0.25) is 0 Å². The van der Waals surface area contributed by atoms with Gasteiger partial charge in [-0.3, -0.25) is 14.9 Å². The monoisotopic (exact) mass is 281 g/mol. The van der Waals surface area contributed by atoms with Crippen LogP contribution in [0.15, 0.2) is 53.6 Å². The summed E-state index contributed by atoms with van der Waals surface area (Å²) in [6, 6.07) is 12.6. The van der Waals surface area contributed by atoms with E-state index in [1.165, 1.54) is 12.4 Å². The Morgan fingerprint density at radius 1 is 1.10 bits per heavy atom. The van der Waals surface area contributed by atoms with Crippen molar-refractivity contribution in [3.63, 3.8) is 0 Å².